The van der Waals surface area contributed by atoms with E-state index in [0.29, 0.717) is 0 Å². The van der Waals surface area contributed by atoms with Gasteiger partial charge in [-0.3, -0.25) is 0 Å². The lowest BCUT2D eigenvalue weighted by molar-refractivity contribution is 0.0871. The molecule has 0 saturated carbocycles. The van der Waals surface area contributed by atoms with Crippen LogP contribution < -0.4 is 0 Å². The molecular formula is C11H13F3N2O3S. The maximum atomic E-state index is 12.6. The minimum Gasteiger partial charge on any atom is -0.429 e. The number of nitrogens with zero attached hydrogens (tertiary/aromatic N) is 2. The van der Waals surface area contributed by atoms with Crippen LogP contribution in [0.1, 0.15) is 26.0 Å². The molecule has 20 heavy (non-hydrogen) atoms. The number of oxime groups is 1. The molecule has 0 aliphatic carbocycles. The van der Waals surface area contributed by atoms with E-state index in [4.69, 9.17) is 9.25 Å². The third-order valence-corrected chi connectivity index (χ3v) is 3.01. The van der Waals surface area contributed by atoms with E-state index >= 15 is 0 Å². The van der Waals surface area contributed by atoms with Crippen molar-refractivity contribution >= 4 is 17.0 Å². The Morgan fingerprint density at radius 3 is 2.85 bits per heavy atom. The molecule has 5 nitrogen and oxygen atoms in total. The van der Waals surface area contributed by atoms with Crippen molar-refractivity contribution in [2.75, 3.05) is 5.75 Å². The van der Waals surface area contributed by atoms with Gasteiger partial charge in [0.05, 0.1) is 6.20 Å². The van der Waals surface area contributed by atoms with Crippen molar-refractivity contribution in [3.63, 3.8) is 0 Å². The average molecular weight is 310 g/mol. The Morgan fingerprint density at radius 1 is 1.55 bits per heavy atom. The zero-order valence-corrected chi connectivity index (χ0v) is 11.6. The van der Waals surface area contributed by atoms with Crippen molar-refractivity contribution in [3.05, 3.63) is 23.9 Å². The molecule has 0 aliphatic rings. The summed E-state index contributed by atoms with van der Waals surface area (Å²) in [6.45, 7) is 3.56. The van der Waals surface area contributed by atoms with Gasteiger partial charge in [-0.05, 0) is 13.8 Å². The Morgan fingerprint density at radius 2 is 2.25 bits per heavy atom. The van der Waals surface area contributed by atoms with Crippen LogP contribution >= 0.6 is 0 Å². The molecule has 0 N–H and O–H groups in total. The van der Waals surface area contributed by atoms with Crippen LogP contribution in [-0.4, -0.2) is 27.3 Å². The molecule has 0 aromatic carbocycles. The van der Waals surface area contributed by atoms with E-state index in [0.717, 1.165) is 0 Å². The molecular weight excluding hydrogens is 297 g/mol. The third-order valence-electron chi connectivity index (χ3n) is 1.86. The lowest BCUT2D eigenvalue weighted by Crippen LogP contribution is -1.99. The van der Waals surface area contributed by atoms with E-state index < -0.39 is 29.1 Å². The summed E-state index contributed by atoms with van der Waals surface area (Å²) in [6, 6.07) is 0. The number of rotatable bonds is 7. The predicted molar refractivity (Wildman–Crippen MR) is 66.6 cm³/mol. The summed E-state index contributed by atoms with van der Waals surface area (Å²) >= 11 is 0. The van der Waals surface area contributed by atoms with Crippen molar-refractivity contribution in [2.24, 2.45) is 5.16 Å². The first-order valence-corrected chi connectivity index (χ1v) is 6.95. The highest BCUT2D eigenvalue weighted by Gasteiger charge is 2.14. The topological polar surface area (TPSA) is 64.7 Å². The maximum Gasteiger partial charge on any atom is 0.301 e. The first kappa shape index (κ1) is 16.4. The van der Waals surface area contributed by atoms with Gasteiger partial charge in [-0.2, -0.15) is 8.78 Å². The first-order valence-electron chi connectivity index (χ1n) is 5.63. The molecule has 0 radical (unpaired) electrons. The summed E-state index contributed by atoms with van der Waals surface area (Å²) in [5.41, 5.74) is 0. The second-order valence-electron chi connectivity index (χ2n) is 3.88. The third kappa shape index (κ3) is 5.55. The Labute approximate surface area is 116 Å². The second kappa shape index (κ2) is 7.83. The summed E-state index contributed by atoms with van der Waals surface area (Å²) in [5.74, 6) is -1.73. The number of oxazole rings is 1. The molecule has 1 atom stereocenters. The second-order valence-corrected chi connectivity index (χ2v) is 5.33. The van der Waals surface area contributed by atoms with Gasteiger partial charge in [0.25, 0.3) is 5.22 Å². The van der Waals surface area contributed by atoms with Crippen LogP contribution in [0.15, 0.2) is 32.9 Å². The van der Waals surface area contributed by atoms with Gasteiger partial charge in [-0.25, -0.2) is 13.6 Å². The van der Waals surface area contributed by atoms with Crippen LogP contribution in [0.3, 0.4) is 0 Å². The van der Waals surface area contributed by atoms with Crippen LogP contribution in [0.25, 0.3) is 0 Å². The van der Waals surface area contributed by atoms with Gasteiger partial charge in [-0.15, -0.1) is 0 Å². The zero-order valence-electron chi connectivity index (χ0n) is 10.8. The van der Waals surface area contributed by atoms with Crippen LogP contribution in [0, 0.1) is 0 Å². The summed E-state index contributed by atoms with van der Waals surface area (Å²) in [4.78, 5) is 8.58. The minimum atomic E-state index is -2.41. The lowest BCUT2D eigenvalue weighted by atomic mass is 10.4. The molecule has 1 rings (SSSR count). The Hall–Kier alpha value is -1.64. The SMILES string of the molecule is CC(C)O/N=C/c1cnc(S(=O)CCC(F)=C(F)F)o1. The molecule has 1 aromatic heterocycles. The Bertz CT molecular complexity index is 525. The molecule has 1 heterocycles. The number of allylic oxidation sites excluding steroid dienone is 1. The summed E-state index contributed by atoms with van der Waals surface area (Å²) in [6.07, 6.45) is -0.671. The van der Waals surface area contributed by atoms with Gasteiger partial charge in [0.1, 0.15) is 23.1 Å². The molecule has 0 amide bonds. The quantitative estimate of drug-likeness (QED) is 0.573. The molecule has 0 fully saturated rings. The highest BCUT2D eigenvalue weighted by atomic mass is 32.2. The van der Waals surface area contributed by atoms with E-state index in [9.17, 15) is 17.4 Å². The maximum absolute atomic E-state index is 12.6. The molecule has 1 aromatic rings. The van der Waals surface area contributed by atoms with Gasteiger partial charge in [0, 0.05) is 12.2 Å². The molecule has 0 spiro atoms. The van der Waals surface area contributed by atoms with E-state index in [-0.39, 0.29) is 22.8 Å². The van der Waals surface area contributed by atoms with Crippen molar-refractivity contribution in [2.45, 2.75) is 31.6 Å². The van der Waals surface area contributed by atoms with Gasteiger partial charge in [0.2, 0.25) is 0 Å². The van der Waals surface area contributed by atoms with Gasteiger partial charge >= 0.3 is 6.08 Å². The standard InChI is InChI=1S/C11H13F3N2O3S/c1-7(2)19-16-6-8-5-15-11(18-8)20(17)4-3-9(12)10(13)14/h5-7H,3-4H2,1-2H3/b16-6+. The molecule has 0 saturated heterocycles. The smallest absolute Gasteiger partial charge is 0.301 e. The van der Waals surface area contributed by atoms with E-state index in [1.54, 1.807) is 13.8 Å². The lowest BCUT2D eigenvalue weighted by Gasteiger charge is -1.98. The molecule has 112 valence electrons. The molecule has 0 aliphatic heterocycles. The fourth-order valence-electron chi connectivity index (χ4n) is 1.00. The summed E-state index contributed by atoms with van der Waals surface area (Å²) < 4.78 is 52.9. The molecule has 9 heteroatoms. The molecule has 0 bridgehead atoms. The minimum absolute atomic E-state index is 0.104. The Balaban J connectivity index is 2.56. The summed E-state index contributed by atoms with van der Waals surface area (Å²) in [5, 5.41) is 3.41. The first-order chi connectivity index (χ1) is 9.40. The highest BCUT2D eigenvalue weighted by Crippen LogP contribution is 2.15. The van der Waals surface area contributed by atoms with Gasteiger partial charge in [0.15, 0.2) is 11.6 Å². The zero-order chi connectivity index (χ0) is 15.1. The van der Waals surface area contributed by atoms with E-state index in [2.05, 4.69) is 10.1 Å². The van der Waals surface area contributed by atoms with Crippen molar-refractivity contribution in [3.8, 4) is 0 Å². The van der Waals surface area contributed by atoms with Crippen molar-refractivity contribution in [1.29, 1.82) is 0 Å². The van der Waals surface area contributed by atoms with Crippen LogP contribution in [-0.2, 0) is 15.6 Å². The van der Waals surface area contributed by atoms with Crippen LogP contribution in [0.2, 0.25) is 0 Å². The monoisotopic (exact) mass is 310 g/mol. The van der Waals surface area contributed by atoms with Crippen molar-refractivity contribution < 1.29 is 26.6 Å². The number of aromatic nitrogens is 1. The highest BCUT2D eigenvalue weighted by molar-refractivity contribution is 7.84. The fraction of sp³-hybridized carbons (Fsp3) is 0.455. The van der Waals surface area contributed by atoms with Crippen molar-refractivity contribution in [1.82, 2.24) is 4.98 Å². The fourth-order valence-corrected chi connectivity index (χ4v) is 1.90. The van der Waals surface area contributed by atoms with E-state index in [1.807, 2.05) is 0 Å². The number of hydrogen-bond acceptors (Lipinski definition) is 5. The van der Waals surface area contributed by atoms with E-state index in [1.165, 1.54) is 12.4 Å². The van der Waals surface area contributed by atoms with Gasteiger partial charge in [-0.1, -0.05) is 5.16 Å². The Kier molecular flexibility index (Phi) is 6.43. The summed E-state index contributed by atoms with van der Waals surface area (Å²) in [7, 11) is -1.80. The molecule has 1 unspecified atom stereocenters. The van der Waals surface area contributed by atoms with Gasteiger partial charge < -0.3 is 9.25 Å². The largest absolute Gasteiger partial charge is 0.429 e. The average Bonchev–Trinajstić information content (AvgIpc) is 2.83. The van der Waals surface area contributed by atoms with Crippen LogP contribution in [0.4, 0.5) is 13.2 Å². The number of hydrogen-bond donors (Lipinski definition) is 0. The predicted octanol–water partition coefficient (Wildman–Crippen LogP) is 3.01. The normalized spacial score (nSPS) is 12.9. The number of halogens is 3. The van der Waals surface area contributed by atoms with Crippen LogP contribution in [0.5, 0.6) is 0 Å².